The number of fused-ring (bicyclic) bond motifs is 1. The molecule has 1 unspecified atom stereocenters. The van der Waals surface area contributed by atoms with Crippen molar-refractivity contribution in [2.24, 2.45) is 0 Å². The highest BCUT2D eigenvalue weighted by atomic mass is 79.9. The number of halogens is 1. The van der Waals surface area contributed by atoms with Gasteiger partial charge in [-0.15, -0.1) is 0 Å². The standard InChI is InChI=1S/C28H21BrN2O4S/c1-2-35-20-12-13-21-23(16-20)36-28(30-21)31-25(18-9-6-10-19(29)15-18)24(26(33)27(31)34)22(32)14-11-17-7-4-3-5-8-17/h3-16,25,33H,2H2,1H3. The summed E-state index contributed by atoms with van der Waals surface area (Å²) in [5.41, 5.74) is 2.22. The van der Waals surface area contributed by atoms with Gasteiger partial charge in [0.1, 0.15) is 5.75 Å². The summed E-state index contributed by atoms with van der Waals surface area (Å²) in [6.07, 6.45) is 3.05. The first-order chi connectivity index (χ1) is 17.5. The second kappa shape index (κ2) is 10.1. The summed E-state index contributed by atoms with van der Waals surface area (Å²) >= 11 is 4.78. The van der Waals surface area contributed by atoms with Gasteiger partial charge >= 0.3 is 0 Å². The molecule has 2 heterocycles. The predicted octanol–water partition coefficient (Wildman–Crippen LogP) is 6.64. The molecule has 1 aliphatic rings. The molecule has 1 aliphatic heterocycles. The summed E-state index contributed by atoms with van der Waals surface area (Å²) in [7, 11) is 0. The van der Waals surface area contributed by atoms with E-state index in [9.17, 15) is 14.7 Å². The molecule has 5 rings (SSSR count). The van der Waals surface area contributed by atoms with E-state index in [1.165, 1.54) is 22.3 Å². The van der Waals surface area contributed by atoms with E-state index in [4.69, 9.17) is 4.74 Å². The number of anilines is 1. The number of aliphatic hydroxyl groups is 1. The number of ether oxygens (including phenoxy) is 1. The van der Waals surface area contributed by atoms with Gasteiger partial charge in [-0.25, -0.2) is 4.98 Å². The second-order valence-corrected chi connectivity index (χ2v) is 9.99. The minimum Gasteiger partial charge on any atom is -0.503 e. The molecule has 1 N–H and O–H groups in total. The number of aliphatic hydroxyl groups excluding tert-OH is 1. The van der Waals surface area contributed by atoms with Crippen molar-refractivity contribution >= 4 is 60.4 Å². The fraction of sp³-hybridized carbons (Fsp3) is 0.107. The van der Waals surface area contributed by atoms with Crippen LogP contribution in [0.2, 0.25) is 0 Å². The van der Waals surface area contributed by atoms with Crippen molar-refractivity contribution in [2.45, 2.75) is 13.0 Å². The summed E-state index contributed by atoms with van der Waals surface area (Å²) in [4.78, 5) is 32.8. The summed E-state index contributed by atoms with van der Waals surface area (Å²) in [5.74, 6) is -0.978. The van der Waals surface area contributed by atoms with E-state index in [1.54, 1.807) is 6.08 Å². The number of hydrogen-bond acceptors (Lipinski definition) is 6. The van der Waals surface area contributed by atoms with Gasteiger partial charge in [-0.05, 0) is 54.5 Å². The Morgan fingerprint density at radius 2 is 1.94 bits per heavy atom. The molecule has 1 aromatic heterocycles. The molecule has 3 aromatic carbocycles. The van der Waals surface area contributed by atoms with Crippen LogP contribution in [0, 0.1) is 0 Å². The molecule has 4 aromatic rings. The number of thiazole rings is 1. The van der Waals surface area contributed by atoms with Crippen LogP contribution in [0.25, 0.3) is 16.3 Å². The average molecular weight is 561 g/mol. The Morgan fingerprint density at radius 3 is 2.69 bits per heavy atom. The zero-order chi connectivity index (χ0) is 25.2. The van der Waals surface area contributed by atoms with Crippen molar-refractivity contribution in [3.05, 3.63) is 106 Å². The first kappa shape index (κ1) is 24.0. The highest BCUT2D eigenvalue weighted by Gasteiger charge is 2.45. The molecule has 180 valence electrons. The van der Waals surface area contributed by atoms with Crippen molar-refractivity contribution in [1.82, 2.24) is 4.98 Å². The van der Waals surface area contributed by atoms with Crippen molar-refractivity contribution in [3.8, 4) is 5.75 Å². The quantitative estimate of drug-likeness (QED) is 0.256. The first-order valence-electron chi connectivity index (χ1n) is 11.3. The number of nitrogens with zero attached hydrogens (tertiary/aromatic N) is 2. The lowest BCUT2D eigenvalue weighted by Crippen LogP contribution is -2.30. The lowest BCUT2D eigenvalue weighted by Gasteiger charge is -2.24. The van der Waals surface area contributed by atoms with Crippen molar-refractivity contribution < 1.29 is 19.4 Å². The Hall–Kier alpha value is -3.75. The van der Waals surface area contributed by atoms with E-state index in [-0.39, 0.29) is 5.57 Å². The molecule has 0 bridgehead atoms. The van der Waals surface area contributed by atoms with Gasteiger partial charge in [0.05, 0.1) is 28.4 Å². The third-order valence-electron chi connectivity index (χ3n) is 5.73. The van der Waals surface area contributed by atoms with Gasteiger partial charge < -0.3 is 9.84 Å². The van der Waals surface area contributed by atoms with Crippen LogP contribution in [0.3, 0.4) is 0 Å². The van der Waals surface area contributed by atoms with Crippen molar-refractivity contribution in [2.75, 3.05) is 11.5 Å². The van der Waals surface area contributed by atoms with Crippen LogP contribution in [0.1, 0.15) is 24.1 Å². The highest BCUT2D eigenvalue weighted by Crippen LogP contribution is 2.44. The largest absolute Gasteiger partial charge is 0.503 e. The maximum absolute atomic E-state index is 13.4. The molecule has 8 heteroatoms. The molecular weight excluding hydrogens is 540 g/mol. The Kier molecular flexibility index (Phi) is 6.71. The molecule has 0 saturated carbocycles. The number of hydrogen-bond donors (Lipinski definition) is 1. The third-order valence-corrected chi connectivity index (χ3v) is 7.24. The Balaban J connectivity index is 1.59. The fourth-order valence-electron chi connectivity index (χ4n) is 4.12. The van der Waals surface area contributed by atoms with E-state index in [2.05, 4.69) is 20.9 Å². The Morgan fingerprint density at radius 1 is 1.14 bits per heavy atom. The van der Waals surface area contributed by atoms with Crippen LogP contribution < -0.4 is 9.64 Å². The SMILES string of the molecule is CCOc1ccc2nc(N3C(=O)C(O)=C(C(=O)C=Cc4ccccc4)C3c3cccc(Br)c3)sc2c1. The zero-order valence-electron chi connectivity index (χ0n) is 19.2. The molecule has 0 radical (unpaired) electrons. The van der Waals surface area contributed by atoms with Gasteiger partial charge in [-0.2, -0.15) is 0 Å². The number of carbonyl (C=O) groups excluding carboxylic acids is 2. The zero-order valence-corrected chi connectivity index (χ0v) is 21.6. The molecule has 0 spiro atoms. The normalized spacial score (nSPS) is 15.9. The van der Waals surface area contributed by atoms with E-state index < -0.39 is 23.5 Å². The van der Waals surface area contributed by atoms with Crippen LogP contribution in [0.4, 0.5) is 5.13 Å². The topological polar surface area (TPSA) is 79.7 Å². The van der Waals surface area contributed by atoms with Crippen molar-refractivity contribution in [3.63, 3.8) is 0 Å². The summed E-state index contributed by atoms with van der Waals surface area (Å²) in [6.45, 7) is 2.44. The van der Waals surface area contributed by atoms with Gasteiger partial charge in [0.15, 0.2) is 16.7 Å². The van der Waals surface area contributed by atoms with Crippen LogP contribution >= 0.6 is 27.3 Å². The summed E-state index contributed by atoms with van der Waals surface area (Å²) < 4.78 is 7.22. The maximum Gasteiger partial charge on any atom is 0.296 e. The van der Waals surface area contributed by atoms with Gasteiger partial charge in [0, 0.05) is 4.47 Å². The van der Waals surface area contributed by atoms with Gasteiger partial charge in [0.25, 0.3) is 5.91 Å². The van der Waals surface area contributed by atoms with Gasteiger partial charge in [-0.3, -0.25) is 14.5 Å². The Bertz CT molecular complexity index is 1530. The first-order valence-corrected chi connectivity index (χ1v) is 12.9. The predicted molar refractivity (Wildman–Crippen MR) is 145 cm³/mol. The molecular formula is C28H21BrN2O4S. The minimum atomic E-state index is -0.838. The van der Waals surface area contributed by atoms with Crippen LogP contribution in [-0.4, -0.2) is 28.4 Å². The molecule has 1 amide bonds. The van der Waals surface area contributed by atoms with Crippen LogP contribution in [0.5, 0.6) is 5.75 Å². The average Bonchev–Trinajstić information content (AvgIpc) is 3.41. The lowest BCUT2D eigenvalue weighted by atomic mass is 9.96. The minimum absolute atomic E-state index is 0.0135. The smallest absolute Gasteiger partial charge is 0.296 e. The number of benzene rings is 3. The van der Waals surface area contributed by atoms with Gasteiger partial charge in [-0.1, -0.05) is 75.8 Å². The van der Waals surface area contributed by atoms with E-state index >= 15 is 0 Å². The molecule has 0 aliphatic carbocycles. The van der Waals surface area contributed by atoms with Crippen LogP contribution in [0.15, 0.2) is 94.7 Å². The van der Waals surface area contributed by atoms with E-state index in [0.717, 1.165) is 14.7 Å². The number of allylic oxidation sites excluding steroid dienone is 1. The maximum atomic E-state index is 13.4. The summed E-state index contributed by atoms with van der Waals surface area (Å²) in [6, 6.07) is 21.4. The number of ketones is 1. The third kappa shape index (κ3) is 4.57. The van der Waals surface area contributed by atoms with E-state index in [1.807, 2.05) is 79.7 Å². The second-order valence-electron chi connectivity index (χ2n) is 8.06. The number of amides is 1. The van der Waals surface area contributed by atoms with Crippen molar-refractivity contribution in [1.29, 1.82) is 0 Å². The van der Waals surface area contributed by atoms with Crippen LogP contribution in [-0.2, 0) is 9.59 Å². The highest BCUT2D eigenvalue weighted by molar-refractivity contribution is 9.10. The molecule has 0 saturated heterocycles. The number of aromatic nitrogens is 1. The number of rotatable bonds is 7. The van der Waals surface area contributed by atoms with Gasteiger partial charge in [0.2, 0.25) is 0 Å². The lowest BCUT2D eigenvalue weighted by molar-refractivity contribution is -0.117. The Labute approximate surface area is 220 Å². The molecule has 1 atom stereocenters. The molecule has 6 nitrogen and oxygen atoms in total. The number of carbonyl (C=O) groups is 2. The summed E-state index contributed by atoms with van der Waals surface area (Å²) in [5, 5.41) is 11.3. The molecule has 36 heavy (non-hydrogen) atoms. The molecule has 0 fully saturated rings. The van der Waals surface area contributed by atoms with E-state index in [0.29, 0.717) is 28.6 Å². The fourth-order valence-corrected chi connectivity index (χ4v) is 5.56. The monoisotopic (exact) mass is 560 g/mol.